The molecule has 0 aliphatic rings. The number of nitrogens with one attached hydrogen (secondary N) is 2. The van der Waals surface area contributed by atoms with Crippen LogP contribution in [0.3, 0.4) is 0 Å². The second-order valence-corrected chi connectivity index (χ2v) is 6.67. The van der Waals surface area contributed by atoms with E-state index < -0.39 is 10.9 Å². The van der Waals surface area contributed by atoms with Crippen LogP contribution in [0.1, 0.15) is 15.2 Å². The molecule has 0 saturated carbocycles. The maximum absolute atomic E-state index is 11.7. The van der Waals surface area contributed by atoms with Crippen molar-refractivity contribution >= 4 is 62.6 Å². The molecule has 0 atom stereocenters. The van der Waals surface area contributed by atoms with Gasteiger partial charge >= 0.3 is 5.97 Å². The number of hydrogen-bond donors (Lipinski definition) is 2. The lowest BCUT2D eigenvalue weighted by atomic mass is 10.3. The Kier molecular flexibility index (Phi) is 5.71. The standard InChI is InChI=1S/C14H12ClN3O4S2/c1-7-5-9(13(19)22-2)12(24-7)17-14(23)16-8-3-4-10(15)11(6-8)18(20)21/h3-6H,1-2H3,(H2,16,17,23). The molecule has 0 aliphatic carbocycles. The molecule has 0 radical (unpaired) electrons. The van der Waals surface area contributed by atoms with Crippen molar-refractivity contribution in [3.8, 4) is 0 Å². The smallest absolute Gasteiger partial charge is 0.340 e. The summed E-state index contributed by atoms with van der Waals surface area (Å²) in [7, 11) is 1.29. The number of thiocarbonyl (C=S) groups is 1. The molecule has 126 valence electrons. The zero-order chi connectivity index (χ0) is 17.9. The van der Waals surface area contributed by atoms with E-state index in [0.717, 1.165) is 4.88 Å². The Balaban J connectivity index is 2.16. The molecule has 2 rings (SSSR count). The van der Waals surface area contributed by atoms with E-state index in [4.69, 9.17) is 28.6 Å². The van der Waals surface area contributed by atoms with Gasteiger partial charge in [0.05, 0.1) is 17.6 Å². The quantitative estimate of drug-likeness (QED) is 0.352. The van der Waals surface area contributed by atoms with Gasteiger partial charge in [0.15, 0.2) is 5.11 Å². The number of carbonyl (C=O) groups excluding carboxylic acids is 1. The van der Waals surface area contributed by atoms with Crippen molar-refractivity contribution in [1.82, 2.24) is 0 Å². The molecule has 10 heteroatoms. The lowest BCUT2D eigenvalue weighted by Gasteiger charge is -2.10. The van der Waals surface area contributed by atoms with E-state index in [-0.39, 0.29) is 15.8 Å². The third-order valence-electron chi connectivity index (χ3n) is 2.89. The number of anilines is 2. The number of methoxy groups -OCH3 is 1. The van der Waals surface area contributed by atoms with Gasteiger partial charge in [0.2, 0.25) is 0 Å². The molecule has 0 fully saturated rings. The number of carbonyl (C=O) groups is 1. The Morgan fingerprint density at radius 2 is 2.08 bits per heavy atom. The first-order valence-electron chi connectivity index (χ1n) is 6.52. The van der Waals surface area contributed by atoms with Gasteiger partial charge < -0.3 is 15.4 Å². The SMILES string of the molecule is COC(=O)c1cc(C)sc1NC(=S)Nc1ccc(Cl)c([N+](=O)[O-])c1. The fourth-order valence-electron chi connectivity index (χ4n) is 1.86. The minimum absolute atomic E-state index is 0.0336. The van der Waals surface area contributed by atoms with Crippen molar-refractivity contribution in [2.24, 2.45) is 0 Å². The molecule has 24 heavy (non-hydrogen) atoms. The lowest BCUT2D eigenvalue weighted by Crippen LogP contribution is -2.20. The number of benzene rings is 1. The number of hydrogen-bond acceptors (Lipinski definition) is 6. The van der Waals surface area contributed by atoms with Gasteiger partial charge in [-0.15, -0.1) is 11.3 Å². The molecule has 0 amide bonds. The second-order valence-electron chi connectivity index (χ2n) is 4.59. The molecule has 1 heterocycles. The van der Waals surface area contributed by atoms with Crippen molar-refractivity contribution in [3.63, 3.8) is 0 Å². The van der Waals surface area contributed by atoms with Crippen molar-refractivity contribution in [2.75, 3.05) is 17.7 Å². The summed E-state index contributed by atoms with van der Waals surface area (Å²) in [5.41, 5.74) is 0.536. The van der Waals surface area contributed by atoms with Gasteiger partial charge in [-0.3, -0.25) is 10.1 Å². The number of nitro benzene ring substituents is 1. The van der Waals surface area contributed by atoms with Crippen molar-refractivity contribution in [3.05, 3.63) is 49.8 Å². The number of nitrogens with zero attached hydrogens (tertiary/aromatic N) is 1. The molecule has 0 spiro atoms. The van der Waals surface area contributed by atoms with E-state index in [1.54, 1.807) is 12.1 Å². The Labute approximate surface area is 151 Å². The topological polar surface area (TPSA) is 93.5 Å². The van der Waals surface area contributed by atoms with Crippen LogP contribution in [0.15, 0.2) is 24.3 Å². The van der Waals surface area contributed by atoms with Gasteiger partial charge in [0.25, 0.3) is 5.69 Å². The highest BCUT2D eigenvalue weighted by Crippen LogP contribution is 2.29. The summed E-state index contributed by atoms with van der Waals surface area (Å²) < 4.78 is 4.72. The van der Waals surface area contributed by atoms with Crippen molar-refractivity contribution < 1.29 is 14.5 Å². The minimum atomic E-state index is -0.581. The third-order valence-corrected chi connectivity index (χ3v) is 4.38. The first-order valence-corrected chi connectivity index (χ1v) is 8.12. The summed E-state index contributed by atoms with van der Waals surface area (Å²) in [6.45, 7) is 1.85. The Morgan fingerprint density at radius 1 is 1.38 bits per heavy atom. The highest BCUT2D eigenvalue weighted by atomic mass is 35.5. The predicted molar refractivity (Wildman–Crippen MR) is 98.3 cm³/mol. The first-order chi connectivity index (χ1) is 11.3. The zero-order valence-corrected chi connectivity index (χ0v) is 15.0. The molecule has 1 aromatic carbocycles. The van der Waals surface area contributed by atoms with Crippen molar-refractivity contribution in [2.45, 2.75) is 6.92 Å². The number of aryl methyl sites for hydroxylation is 1. The van der Waals surface area contributed by atoms with Gasteiger partial charge in [0.1, 0.15) is 10.0 Å². The molecular formula is C14H12ClN3O4S2. The van der Waals surface area contributed by atoms with Crippen LogP contribution in [0.5, 0.6) is 0 Å². The summed E-state index contributed by atoms with van der Waals surface area (Å²) >= 11 is 12.3. The monoisotopic (exact) mass is 385 g/mol. The highest BCUT2D eigenvalue weighted by Gasteiger charge is 2.17. The van der Waals surface area contributed by atoms with E-state index in [2.05, 4.69) is 10.6 Å². The van der Waals surface area contributed by atoms with Gasteiger partial charge in [-0.05, 0) is 37.3 Å². The number of nitro groups is 1. The zero-order valence-electron chi connectivity index (χ0n) is 12.6. The molecule has 0 aliphatic heterocycles. The van der Waals surface area contributed by atoms with Crippen LogP contribution < -0.4 is 10.6 Å². The van der Waals surface area contributed by atoms with E-state index >= 15 is 0 Å². The Morgan fingerprint density at radius 3 is 2.71 bits per heavy atom. The highest BCUT2D eigenvalue weighted by molar-refractivity contribution is 7.80. The fraction of sp³-hybridized carbons (Fsp3) is 0.143. The predicted octanol–water partition coefficient (Wildman–Crippen LogP) is 4.21. The molecule has 2 N–H and O–H groups in total. The third kappa shape index (κ3) is 4.19. The maximum Gasteiger partial charge on any atom is 0.340 e. The summed E-state index contributed by atoms with van der Waals surface area (Å²) in [5.74, 6) is -0.480. The Hall–Kier alpha value is -2.23. The average Bonchev–Trinajstić information content (AvgIpc) is 2.88. The largest absolute Gasteiger partial charge is 0.465 e. The van der Waals surface area contributed by atoms with Crippen LogP contribution in [0.4, 0.5) is 16.4 Å². The number of halogens is 1. The number of rotatable bonds is 4. The van der Waals surface area contributed by atoms with Crippen LogP contribution >= 0.6 is 35.2 Å². The van der Waals surface area contributed by atoms with Gasteiger partial charge in [-0.1, -0.05) is 11.6 Å². The lowest BCUT2D eigenvalue weighted by molar-refractivity contribution is -0.384. The normalized spacial score (nSPS) is 10.1. The molecule has 0 saturated heterocycles. The maximum atomic E-state index is 11.7. The number of esters is 1. The van der Waals surface area contributed by atoms with Crippen LogP contribution in [0.25, 0.3) is 0 Å². The Bertz CT molecular complexity index is 822. The number of thiophene rings is 1. The number of ether oxygens (including phenoxy) is 1. The van der Waals surface area contributed by atoms with Gasteiger partial charge in [-0.25, -0.2) is 4.79 Å². The molecular weight excluding hydrogens is 374 g/mol. The van der Waals surface area contributed by atoms with E-state index in [1.165, 1.54) is 30.6 Å². The van der Waals surface area contributed by atoms with Gasteiger partial charge in [0, 0.05) is 16.6 Å². The average molecular weight is 386 g/mol. The van der Waals surface area contributed by atoms with Crippen LogP contribution in [0.2, 0.25) is 5.02 Å². The first kappa shape index (κ1) is 18.1. The molecule has 0 bridgehead atoms. The van der Waals surface area contributed by atoms with Crippen LogP contribution in [0, 0.1) is 17.0 Å². The van der Waals surface area contributed by atoms with Crippen LogP contribution in [-0.2, 0) is 4.74 Å². The van der Waals surface area contributed by atoms with E-state index in [0.29, 0.717) is 16.3 Å². The fourth-order valence-corrected chi connectivity index (χ4v) is 3.24. The molecule has 7 nitrogen and oxygen atoms in total. The summed E-state index contributed by atoms with van der Waals surface area (Å²) in [6, 6.07) is 5.93. The summed E-state index contributed by atoms with van der Waals surface area (Å²) in [4.78, 5) is 23.0. The van der Waals surface area contributed by atoms with E-state index in [1.807, 2.05) is 6.92 Å². The summed E-state index contributed by atoms with van der Waals surface area (Å²) in [5, 5.41) is 17.4. The molecule has 2 aromatic rings. The van der Waals surface area contributed by atoms with E-state index in [9.17, 15) is 14.9 Å². The molecule has 0 unspecified atom stereocenters. The molecule has 1 aromatic heterocycles. The summed E-state index contributed by atoms with van der Waals surface area (Å²) in [6.07, 6.45) is 0. The minimum Gasteiger partial charge on any atom is -0.465 e. The van der Waals surface area contributed by atoms with Crippen molar-refractivity contribution in [1.29, 1.82) is 0 Å². The van der Waals surface area contributed by atoms with Crippen LogP contribution in [-0.4, -0.2) is 23.1 Å². The second kappa shape index (κ2) is 7.56. The van der Waals surface area contributed by atoms with Gasteiger partial charge in [-0.2, -0.15) is 0 Å².